The number of halogens is 1. The molecule has 1 amide bonds. The van der Waals surface area contributed by atoms with Crippen LogP contribution in [0.4, 0.5) is 10.2 Å². The van der Waals surface area contributed by atoms with Crippen LogP contribution in [0.3, 0.4) is 0 Å². The normalized spacial score (nSPS) is 12.8. The number of pyridine rings is 1. The van der Waals surface area contributed by atoms with E-state index < -0.39 is 0 Å². The van der Waals surface area contributed by atoms with E-state index in [1.807, 2.05) is 10.7 Å². The van der Waals surface area contributed by atoms with Gasteiger partial charge in [0.1, 0.15) is 36.5 Å². The third kappa shape index (κ3) is 3.87. The highest BCUT2D eigenvalue weighted by molar-refractivity contribution is 5.91. The van der Waals surface area contributed by atoms with Gasteiger partial charge in [0.2, 0.25) is 11.8 Å². The molecule has 0 bridgehead atoms. The molecule has 1 aromatic carbocycles. The molecule has 0 aliphatic carbocycles. The highest BCUT2D eigenvalue weighted by Crippen LogP contribution is 2.41. The summed E-state index contributed by atoms with van der Waals surface area (Å²) in [4.78, 5) is 20.4. The first-order valence-corrected chi connectivity index (χ1v) is 9.75. The van der Waals surface area contributed by atoms with Gasteiger partial charge in [-0.15, -0.1) is 0 Å². The number of carbonyl (C=O) groups is 1. The van der Waals surface area contributed by atoms with Crippen LogP contribution in [0.15, 0.2) is 55.2 Å². The van der Waals surface area contributed by atoms with E-state index in [4.69, 9.17) is 9.84 Å². The Morgan fingerprint density at radius 2 is 2.06 bits per heavy atom. The molecule has 156 valence electrons. The third-order valence-corrected chi connectivity index (χ3v) is 4.86. The van der Waals surface area contributed by atoms with E-state index in [0.717, 1.165) is 29.7 Å². The topological polar surface area (TPSA) is 99.8 Å². The number of ether oxygens (including phenoxy) is 1. The molecule has 1 aliphatic rings. The molecule has 5 rings (SSSR count). The number of rotatable bonds is 5. The first kappa shape index (κ1) is 18.9. The van der Waals surface area contributed by atoms with E-state index in [1.165, 1.54) is 29.5 Å². The number of aromatic nitrogens is 6. The zero-order chi connectivity index (χ0) is 21.2. The molecule has 4 aromatic rings. The van der Waals surface area contributed by atoms with E-state index >= 15 is 0 Å². The lowest BCUT2D eigenvalue weighted by atomic mass is 10.0. The van der Waals surface area contributed by atoms with Gasteiger partial charge in [0.25, 0.3) is 0 Å². The zero-order valence-corrected chi connectivity index (χ0v) is 16.4. The average Bonchev–Trinajstić information content (AvgIpc) is 3.42. The Labute approximate surface area is 176 Å². The molecule has 31 heavy (non-hydrogen) atoms. The Morgan fingerprint density at radius 3 is 2.87 bits per heavy atom. The van der Waals surface area contributed by atoms with Gasteiger partial charge in [-0.2, -0.15) is 10.2 Å². The monoisotopic (exact) mass is 419 g/mol. The van der Waals surface area contributed by atoms with Crippen molar-refractivity contribution in [2.75, 3.05) is 11.9 Å². The molecule has 10 heteroatoms. The number of carbonyl (C=O) groups excluding carboxylic acids is 1. The Kier molecular flexibility index (Phi) is 4.87. The van der Waals surface area contributed by atoms with Crippen molar-refractivity contribution in [3.8, 4) is 28.3 Å². The summed E-state index contributed by atoms with van der Waals surface area (Å²) in [6.45, 7) is 1.35. The molecule has 0 fully saturated rings. The lowest BCUT2D eigenvalue weighted by molar-refractivity contribution is -0.116. The Bertz CT molecular complexity index is 1220. The first-order valence-electron chi connectivity index (χ1n) is 9.75. The molecule has 0 spiro atoms. The quantitative estimate of drug-likeness (QED) is 0.534. The molecule has 9 nitrogen and oxygen atoms in total. The van der Waals surface area contributed by atoms with E-state index in [2.05, 4.69) is 20.4 Å². The lowest BCUT2D eigenvalue weighted by Gasteiger charge is -2.16. The Hall–Kier alpha value is -4.08. The van der Waals surface area contributed by atoms with Crippen molar-refractivity contribution < 1.29 is 13.9 Å². The van der Waals surface area contributed by atoms with Crippen LogP contribution >= 0.6 is 0 Å². The number of hydrogen-bond acceptors (Lipinski definition) is 6. The van der Waals surface area contributed by atoms with Crippen molar-refractivity contribution in [2.45, 2.75) is 19.5 Å². The summed E-state index contributed by atoms with van der Waals surface area (Å²) in [6, 6.07) is 9.78. The van der Waals surface area contributed by atoms with Gasteiger partial charge in [0.05, 0.1) is 12.2 Å². The van der Waals surface area contributed by atoms with E-state index in [9.17, 15) is 9.18 Å². The van der Waals surface area contributed by atoms with Gasteiger partial charge in [-0.3, -0.25) is 4.79 Å². The predicted molar refractivity (Wildman–Crippen MR) is 110 cm³/mol. The number of amides is 1. The maximum atomic E-state index is 13.5. The van der Waals surface area contributed by atoms with Gasteiger partial charge in [-0.05, 0) is 42.0 Å². The molecule has 0 saturated carbocycles. The molecule has 0 unspecified atom stereocenters. The minimum atomic E-state index is -0.313. The number of hydrogen-bond donors (Lipinski definition) is 1. The maximum absolute atomic E-state index is 13.5. The van der Waals surface area contributed by atoms with Crippen molar-refractivity contribution in [2.24, 2.45) is 0 Å². The molecule has 0 atom stereocenters. The highest BCUT2D eigenvalue weighted by atomic mass is 19.1. The number of benzene rings is 1. The second-order valence-electron chi connectivity index (χ2n) is 7.03. The van der Waals surface area contributed by atoms with Crippen molar-refractivity contribution in [1.82, 2.24) is 29.5 Å². The molecule has 0 saturated heterocycles. The number of nitrogens with one attached hydrogen (secondary N) is 1. The fraction of sp³-hybridized carbons (Fsp3) is 0.190. The van der Waals surface area contributed by atoms with Crippen LogP contribution in [-0.2, 0) is 17.9 Å². The third-order valence-electron chi connectivity index (χ3n) is 4.86. The molecule has 0 radical (unpaired) electrons. The van der Waals surface area contributed by atoms with Crippen LogP contribution in [-0.4, -0.2) is 42.0 Å². The molecular formula is C21H18FN7O2. The average molecular weight is 419 g/mol. The molecule has 3 aromatic heterocycles. The Morgan fingerprint density at radius 1 is 1.19 bits per heavy atom. The van der Waals surface area contributed by atoms with Gasteiger partial charge in [0.15, 0.2) is 0 Å². The SMILES string of the molecule is O=C(Cn1cncn1)Nc1cc(-c2c(-c3ccc(F)cc3)nn3c2OCCC3)ccn1. The van der Waals surface area contributed by atoms with Crippen LogP contribution in [0, 0.1) is 5.82 Å². The summed E-state index contributed by atoms with van der Waals surface area (Å²) in [6.07, 6.45) is 5.31. The second kappa shape index (κ2) is 7.98. The largest absolute Gasteiger partial charge is 0.477 e. The minimum Gasteiger partial charge on any atom is -0.477 e. The summed E-state index contributed by atoms with van der Waals surface area (Å²) < 4.78 is 22.6. The van der Waals surface area contributed by atoms with Crippen LogP contribution in [0.25, 0.3) is 22.4 Å². The number of aryl methyl sites for hydroxylation is 1. The fourth-order valence-corrected chi connectivity index (χ4v) is 3.50. The van der Waals surface area contributed by atoms with Gasteiger partial charge in [-0.25, -0.2) is 23.7 Å². The summed E-state index contributed by atoms with van der Waals surface area (Å²) in [7, 11) is 0. The lowest BCUT2D eigenvalue weighted by Crippen LogP contribution is -2.19. The summed E-state index contributed by atoms with van der Waals surface area (Å²) >= 11 is 0. The summed E-state index contributed by atoms with van der Waals surface area (Å²) in [5, 5.41) is 11.4. The summed E-state index contributed by atoms with van der Waals surface area (Å²) in [5.74, 6) is 0.453. The molecular weight excluding hydrogens is 401 g/mol. The fourth-order valence-electron chi connectivity index (χ4n) is 3.50. The van der Waals surface area contributed by atoms with Crippen LogP contribution in [0.2, 0.25) is 0 Å². The van der Waals surface area contributed by atoms with Gasteiger partial charge >= 0.3 is 0 Å². The van der Waals surface area contributed by atoms with Crippen molar-refractivity contribution in [1.29, 1.82) is 0 Å². The van der Waals surface area contributed by atoms with Crippen molar-refractivity contribution >= 4 is 11.7 Å². The zero-order valence-electron chi connectivity index (χ0n) is 16.4. The molecule has 4 heterocycles. The van der Waals surface area contributed by atoms with Crippen LogP contribution in [0.5, 0.6) is 5.88 Å². The van der Waals surface area contributed by atoms with Gasteiger partial charge in [0, 0.05) is 24.7 Å². The highest BCUT2D eigenvalue weighted by Gasteiger charge is 2.24. The van der Waals surface area contributed by atoms with Crippen LogP contribution < -0.4 is 10.1 Å². The van der Waals surface area contributed by atoms with Crippen molar-refractivity contribution in [3.63, 3.8) is 0 Å². The van der Waals surface area contributed by atoms with E-state index in [0.29, 0.717) is 24.0 Å². The maximum Gasteiger partial charge on any atom is 0.247 e. The van der Waals surface area contributed by atoms with E-state index in [1.54, 1.807) is 24.4 Å². The number of anilines is 1. The smallest absolute Gasteiger partial charge is 0.247 e. The van der Waals surface area contributed by atoms with Crippen molar-refractivity contribution in [3.05, 3.63) is 61.1 Å². The second-order valence-corrected chi connectivity index (χ2v) is 7.03. The van der Waals surface area contributed by atoms with Gasteiger partial charge in [-0.1, -0.05) is 0 Å². The van der Waals surface area contributed by atoms with E-state index in [-0.39, 0.29) is 18.3 Å². The molecule has 1 aliphatic heterocycles. The van der Waals surface area contributed by atoms with Crippen LogP contribution in [0.1, 0.15) is 6.42 Å². The molecule has 1 N–H and O–H groups in total. The van der Waals surface area contributed by atoms with Gasteiger partial charge < -0.3 is 10.1 Å². The first-order chi connectivity index (χ1) is 15.2. The minimum absolute atomic E-state index is 0.0268. The summed E-state index contributed by atoms with van der Waals surface area (Å²) in [5.41, 5.74) is 3.02. The standard InChI is InChI=1S/C21H18FN7O2/c22-16-4-2-14(3-5-16)20-19(21-29(27-20)8-1-9-31-21)15-6-7-24-17(10-15)26-18(30)11-28-13-23-12-25-28/h2-7,10,12-13H,1,8-9,11H2,(H,24,26,30). The number of nitrogens with zero attached hydrogens (tertiary/aromatic N) is 6. The number of fused-ring (bicyclic) bond motifs is 1. The Balaban J connectivity index is 1.51. The predicted octanol–water partition coefficient (Wildman–Crippen LogP) is 2.76.